The van der Waals surface area contributed by atoms with Crippen LogP contribution in [0.5, 0.6) is 5.75 Å². The predicted octanol–water partition coefficient (Wildman–Crippen LogP) is 2.94. The summed E-state index contributed by atoms with van der Waals surface area (Å²) in [6, 6.07) is 12.0. The predicted molar refractivity (Wildman–Crippen MR) is 91.8 cm³/mol. The number of anilines is 1. The van der Waals surface area contributed by atoms with Gasteiger partial charge in [0.15, 0.2) is 0 Å². The summed E-state index contributed by atoms with van der Waals surface area (Å²) in [4.78, 5) is 0.236. The zero-order chi connectivity index (χ0) is 16.6. The molecular weight excluding hydrogens is 346 g/mol. The molecule has 0 amide bonds. The first-order valence-electron chi connectivity index (χ1n) is 7.27. The van der Waals surface area contributed by atoms with E-state index in [9.17, 15) is 8.42 Å². The van der Waals surface area contributed by atoms with E-state index in [1.165, 1.54) is 11.3 Å². The molecule has 8 heteroatoms. The van der Waals surface area contributed by atoms with Gasteiger partial charge in [-0.15, -0.1) is 10.2 Å². The number of sulfonamides is 1. The Morgan fingerprint density at radius 2 is 1.96 bits per heavy atom. The molecule has 6 nitrogen and oxygen atoms in total. The fourth-order valence-corrected chi connectivity index (χ4v) is 4.19. The number of fused-ring (bicyclic) bond motifs is 1. The molecule has 0 saturated heterocycles. The van der Waals surface area contributed by atoms with Gasteiger partial charge in [0, 0.05) is 17.7 Å². The smallest absolute Gasteiger partial charge is 0.261 e. The van der Waals surface area contributed by atoms with E-state index in [1.807, 2.05) is 12.1 Å². The van der Waals surface area contributed by atoms with E-state index >= 15 is 0 Å². The van der Waals surface area contributed by atoms with Crippen molar-refractivity contribution >= 4 is 27.0 Å². The Morgan fingerprint density at radius 3 is 2.71 bits per heavy atom. The van der Waals surface area contributed by atoms with Gasteiger partial charge in [-0.2, -0.15) is 0 Å². The quantitative estimate of drug-likeness (QED) is 0.774. The summed E-state index contributed by atoms with van der Waals surface area (Å²) in [7, 11) is -3.63. The Labute approximate surface area is 143 Å². The number of hydrogen-bond donors (Lipinski definition) is 1. The monoisotopic (exact) mass is 359 g/mol. The normalized spacial score (nSPS) is 13.3. The molecule has 0 spiro atoms. The van der Waals surface area contributed by atoms with E-state index in [0.717, 1.165) is 28.3 Å². The highest BCUT2D eigenvalue weighted by atomic mass is 32.2. The van der Waals surface area contributed by atoms with Crippen LogP contribution < -0.4 is 9.46 Å². The van der Waals surface area contributed by atoms with Gasteiger partial charge in [0.25, 0.3) is 10.0 Å². The molecule has 122 valence electrons. The highest BCUT2D eigenvalue weighted by molar-refractivity contribution is 7.92. The fraction of sp³-hybridized carbons (Fsp3) is 0.125. The van der Waals surface area contributed by atoms with Gasteiger partial charge in [0.1, 0.15) is 16.3 Å². The summed E-state index contributed by atoms with van der Waals surface area (Å²) >= 11 is 1.43. The van der Waals surface area contributed by atoms with Crippen LogP contribution in [0.3, 0.4) is 0 Å². The highest BCUT2D eigenvalue weighted by Crippen LogP contribution is 2.29. The number of benzene rings is 2. The van der Waals surface area contributed by atoms with Gasteiger partial charge in [0.2, 0.25) is 0 Å². The molecule has 4 rings (SSSR count). The number of rotatable bonds is 4. The standard InChI is InChI=1S/C16H13N3O3S2/c20-24(21,14-5-6-15-12(9-14)7-8-22-15)19-13-3-1-11(2-4-13)16-18-17-10-23-16/h1-6,9-10,19H,7-8H2. The number of ether oxygens (including phenoxy) is 1. The van der Waals surface area contributed by atoms with Crippen molar-refractivity contribution in [3.8, 4) is 16.3 Å². The second-order valence-electron chi connectivity index (χ2n) is 5.29. The van der Waals surface area contributed by atoms with Gasteiger partial charge in [-0.25, -0.2) is 8.42 Å². The Balaban J connectivity index is 1.57. The molecule has 1 aliphatic rings. The van der Waals surface area contributed by atoms with E-state index in [1.54, 1.807) is 35.8 Å². The average molecular weight is 359 g/mol. The molecule has 1 aliphatic heterocycles. The van der Waals surface area contributed by atoms with Gasteiger partial charge in [-0.3, -0.25) is 4.72 Å². The van der Waals surface area contributed by atoms with Crippen molar-refractivity contribution in [3.05, 3.63) is 53.5 Å². The minimum atomic E-state index is -3.63. The topological polar surface area (TPSA) is 81.2 Å². The largest absolute Gasteiger partial charge is 0.493 e. The van der Waals surface area contributed by atoms with Crippen LogP contribution in [0.25, 0.3) is 10.6 Å². The highest BCUT2D eigenvalue weighted by Gasteiger charge is 2.19. The summed E-state index contributed by atoms with van der Waals surface area (Å²) in [6.07, 6.45) is 0.731. The van der Waals surface area contributed by atoms with Crippen molar-refractivity contribution in [1.82, 2.24) is 10.2 Å². The zero-order valence-corrected chi connectivity index (χ0v) is 14.1. The fourth-order valence-electron chi connectivity index (χ4n) is 2.52. The molecule has 1 aromatic heterocycles. The lowest BCUT2D eigenvalue weighted by atomic mass is 10.2. The molecule has 0 unspecified atom stereocenters. The second kappa shape index (κ2) is 5.88. The molecule has 24 heavy (non-hydrogen) atoms. The summed E-state index contributed by atoms with van der Waals surface area (Å²) in [5, 5.41) is 8.58. The first-order valence-corrected chi connectivity index (χ1v) is 9.63. The van der Waals surface area contributed by atoms with Gasteiger partial charge < -0.3 is 4.74 Å². The summed E-state index contributed by atoms with van der Waals surface area (Å²) in [5.41, 5.74) is 3.98. The number of nitrogens with zero attached hydrogens (tertiary/aromatic N) is 2. The minimum absolute atomic E-state index is 0.236. The van der Waals surface area contributed by atoms with Crippen LogP contribution in [-0.2, 0) is 16.4 Å². The lowest BCUT2D eigenvalue weighted by molar-refractivity contribution is 0.356. The Hall–Kier alpha value is -2.45. The first kappa shape index (κ1) is 15.1. The Bertz CT molecular complexity index is 968. The Kier molecular flexibility index (Phi) is 3.70. The molecule has 0 atom stereocenters. The van der Waals surface area contributed by atoms with Crippen molar-refractivity contribution in [3.63, 3.8) is 0 Å². The molecule has 0 fully saturated rings. The first-order chi connectivity index (χ1) is 11.6. The van der Waals surface area contributed by atoms with Gasteiger partial charge in [-0.05, 0) is 48.0 Å². The molecular formula is C16H13N3O3S2. The SMILES string of the molecule is O=S(=O)(Nc1ccc(-c2nncs2)cc1)c1ccc2c(c1)CCO2. The maximum Gasteiger partial charge on any atom is 0.261 e. The second-order valence-corrected chi connectivity index (χ2v) is 7.81. The number of nitrogens with one attached hydrogen (secondary N) is 1. The van der Waals surface area contributed by atoms with Crippen LogP contribution in [0.15, 0.2) is 52.9 Å². The average Bonchev–Trinajstić information content (AvgIpc) is 3.26. The van der Waals surface area contributed by atoms with E-state index in [4.69, 9.17) is 4.74 Å². The third kappa shape index (κ3) is 2.85. The van der Waals surface area contributed by atoms with Crippen LogP contribution in [0.4, 0.5) is 5.69 Å². The zero-order valence-electron chi connectivity index (χ0n) is 12.5. The summed E-state index contributed by atoms with van der Waals surface area (Å²) < 4.78 is 33.1. The van der Waals surface area contributed by atoms with Crippen molar-refractivity contribution in [2.75, 3.05) is 11.3 Å². The third-order valence-corrected chi connectivity index (χ3v) is 5.83. The molecule has 0 bridgehead atoms. The summed E-state index contributed by atoms with van der Waals surface area (Å²) in [6.45, 7) is 0.597. The van der Waals surface area contributed by atoms with Crippen molar-refractivity contribution in [2.24, 2.45) is 0 Å². The molecule has 2 heterocycles. The van der Waals surface area contributed by atoms with Crippen LogP contribution >= 0.6 is 11.3 Å². The maximum absolute atomic E-state index is 12.5. The van der Waals surface area contributed by atoms with E-state index in [-0.39, 0.29) is 4.90 Å². The third-order valence-electron chi connectivity index (χ3n) is 3.72. The Morgan fingerprint density at radius 1 is 1.12 bits per heavy atom. The van der Waals surface area contributed by atoms with E-state index < -0.39 is 10.0 Å². The van der Waals surface area contributed by atoms with E-state index in [2.05, 4.69) is 14.9 Å². The number of aromatic nitrogens is 2. The van der Waals surface area contributed by atoms with Gasteiger partial charge in [0.05, 0.1) is 11.5 Å². The lowest BCUT2D eigenvalue weighted by Gasteiger charge is -2.09. The summed E-state index contributed by atoms with van der Waals surface area (Å²) in [5.74, 6) is 0.760. The van der Waals surface area contributed by atoms with Crippen molar-refractivity contribution < 1.29 is 13.2 Å². The van der Waals surface area contributed by atoms with Crippen LogP contribution in [-0.4, -0.2) is 25.2 Å². The molecule has 0 radical (unpaired) electrons. The van der Waals surface area contributed by atoms with Crippen molar-refractivity contribution in [1.29, 1.82) is 0 Å². The maximum atomic E-state index is 12.5. The van der Waals surface area contributed by atoms with E-state index in [0.29, 0.717) is 12.3 Å². The van der Waals surface area contributed by atoms with Gasteiger partial charge >= 0.3 is 0 Å². The van der Waals surface area contributed by atoms with Crippen LogP contribution in [0.2, 0.25) is 0 Å². The molecule has 2 aromatic carbocycles. The minimum Gasteiger partial charge on any atom is -0.493 e. The van der Waals surface area contributed by atoms with Crippen molar-refractivity contribution in [2.45, 2.75) is 11.3 Å². The molecule has 0 aliphatic carbocycles. The number of hydrogen-bond acceptors (Lipinski definition) is 6. The molecule has 0 saturated carbocycles. The van der Waals surface area contributed by atoms with Crippen LogP contribution in [0.1, 0.15) is 5.56 Å². The lowest BCUT2D eigenvalue weighted by Crippen LogP contribution is -2.13. The van der Waals surface area contributed by atoms with Crippen LogP contribution in [0, 0.1) is 0 Å². The molecule has 3 aromatic rings. The molecule has 1 N–H and O–H groups in total. The van der Waals surface area contributed by atoms with Gasteiger partial charge in [-0.1, -0.05) is 11.3 Å².